The van der Waals surface area contributed by atoms with Crippen molar-refractivity contribution in [1.82, 2.24) is 5.32 Å². The first-order valence-corrected chi connectivity index (χ1v) is 6.16. The summed E-state index contributed by atoms with van der Waals surface area (Å²) in [7, 11) is 1.46. The average Bonchev–Trinajstić information content (AvgIpc) is 2.44. The third-order valence-corrected chi connectivity index (χ3v) is 2.89. The van der Waals surface area contributed by atoms with Gasteiger partial charge in [0.2, 0.25) is 5.91 Å². The molecular formula is C13H17FN2O4. The summed E-state index contributed by atoms with van der Waals surface area (Å²) in [6.45, 7) is 0.660. The van der Waals surface area contributed by atoms with E-state index in [1.165, 1.54) is 19.2 Å². The Morgan fingerprint density at radius 3 is 3.15 bits per heavy atom. The molecule has 0 fully saturated rings. The molecule has 7 heteroatoms. The topological polar surface area (TPSA) is 82.8 Å². The van der Waals surface area contributed by atoms with Gasteiger partial charge in [0.1, 0.15) is 17.6 Å². The molecule has 1 heterocycles. The van der Waals surface area contributed by atoms with Crippen molar-refractivity contribution in [3.05, 3.63) is 29.1 Å². The van der Waals surface area contributed by atoms with E-state index in [1.54, 1.807) is 0 Å². The number of nitrogens with two attached hydrogens (primary N) is 1. The smallest absolute Gasteiger partial charge is 0.239 e. The number of nitrogens with one attached hydrogen (secondary N) is 1. The largest absolute Gasteiger partial charge is 0.467 e. The van der Waals surface area contributed by atoms with Gasteiger partial charge in [0.25, 0.3) is 0 Å². The van der Waals surface area contributed by atoms with Crippen LogP contribution in [0.5, 0.6) is 5.75 Å². The van der Waals surface area contributed by atoms with Crippen LogP contribution >= 0.6 is 0 Å². The van der Waals surface area contributed by atoms with E-state index in [4.69, 9.17) is 19.9 Å². The predicted molar refractivity (Wildman–Crippen MR) is 68.4 cm³/mol. The van der Waals surface area contributed by atoms with Crippen molar-refractivity contribution in [2.24, 2.45) is 5.73 Å². The van der Waals surface area contributed by atoms with Crippen molar-refractivity contribution in [1.29, 1.82) is 0 Å². The van der Waals surface area contributed by atoms with Gasteiger partial charge in [-0.25, -0.2) is 4.39 Å². The highest BCUT2D eigenvalue weighted by molar-refractivity contribution is 5.81. The van der Waals surface area contributed by atoms with E-state index in [0.29, 0.717) is 16.9 Å². The zero-order valence-electron chi connectivity index (χ0n) is 11.1. The highest BCUT2D eigenvalue weighted by Gasteiger charge is 2.18. The Morgan fingerprint density at radius 2 is 2.40 bits per heavy atom. The average molecular weight is 284 g/mol. The molecule has 3 N–H and O–H groups in total. The second-order valence-electron chi connectivity index (χ2n) is 4.44. The lowest BCUT2D eigenvalue weighted by Gasteiger charge is -2.21. The molecule has 0 spiro atoms. The van der Waals surface area contributed by atoms with Crippen LogP contribution in [0.1, 0.15) is 11.1 Å². The molecule has 1 atom stereocenters. The SMILES string of the molecule is COCC(N)C(=O)NCc1cc(F)cc2c1OCOC2. The van der Waals surface area contributed by atoms with Crippen molar-refractivity contribution < 1.29 is 23.4 Å². The van der Waals surface area contributed by atoms with Crippen molar-refractivity contribution in [3.8, 4) is 5.75 Å². The molecule has 0 radical (unpaired) electrons. The summed E-state index contributed by atoms with van der Waals surface area (Å²) in [6, 6.07) is 1.93. The molecule has 1 aliphatic heterocycles. The Bertz CT molecular complexity index is 496. The molecule has 0 saturated heterocycles. The molecule has 0 aromatic heterocycles. The molecule has 0 bridgehead atoms. The zero-order valence-corrected chi connectivity index (χ0v) is 11.1. The van der Waals surface area contributed by atoms with E-state index in [2.05, 4.69) is 5.32 Å². The van der Waals surface area contributed by atoms with Gasteiger partial charge in [-0.2, -0.15) is 0 Å². The second-order valence-corrected chi connectivity index (χ2v) is 4.44. The Hall–Kier alpha value is -1.70. The van der Waals surface area contributed by atoms with Crippen LogP contribution in [-0.4, -0.2) is 32.5 Å². The minimum absolute atomic E-state index is 0.114. The summed E-state index contributed by atoms with van der Waals surface area (Å²) in [5, 5.41) is 2.63. The number of carbonyl (C=O) groups excluding carboxylic acids is 1. The molecule has 2 rings (SSSR count). The maximum atomic E-state index is 13.5. The van der Waals surface area contributed by atoms with Crippen LogP contribution in [0.2, 0.25) is 0 Å². The normalized spacial score (nSPS) is 15.2. The lowest BCUT2D eigenvalue weighted by Crippen LogP contribution is -2.43. The number of rotatable bonds is 5. The van der Waals surface area contributed by atoms with Crippen molar-refractivity contribution in [2.45, 2.75) is 19.2 Å². The van der Waals surface area contributed by atoms with E-state index in [-0.39, 0.29) is 32.5 Å². The summed E-state index contributed by atoms with van der Waals surface area (Å²) in [4.78, 5) is 11.7. The van der Waals surface area contributed by atoms with Crippen LogP contribution in [0.4, 0.5) is 4.39 Å². The first kappa shape index (κ1) is 14.7. The first-order chi connectivity index (χ1) is 9.61. The fourth-order valence-corrected chi connectivity index (χ4v) is 1.96. The highest BCUT2D eigenvalue weighted by Crippen LogP contribution is 2.29. The fraction of sp³-hybridized carbons (Fsp3) is 0.462. The van der Waals surface area contributed by atoms with Crippen molar-refractivity contribution in [2.75, 3.05) is 20.5 Å². The van der Waals surface area contributed by atoms with Gasteiger partial charge < -0.3 is 25.3 Å². The number of fused-ring (bicyclic) bond motifs is 1. The number of methoxy groups -OCH3 is 1. The first-order valence-electron chi connectivity index (χ1n) is 6.16. The van der Waals surface area contributed by atoms with Gasteiger partial charge in [-0.15, -0.1) is 0 Å². The lowest BCUT2D eigenvalue weighted by atomic mass is 10.1. The Labute approximate surface area is 116 Å². The van der Waals surface area contributed by atoms with Crippen LogP contribution in [-0.2, 0) is 27.4 Å². The minimum atomic E-state index is -0.756. The van der Waals surface area contributed by atoms with Crippen LogP contribution in [0.3, 0.4) is 0 Å². The number of benzene rings is 1. The molecule has 1 amide bonds. The van der Waals surface area contributed by atoms with E-state index < -0.39 is 11.9 Å². The number of hydrogen-bond donors (Lipinski definition) is 2. The molecule has 1 unspecified atom stereocenters. The maximum Gasteiger partial charge on any atom is 0.239 e. The van der Waals surface area contributed by atoms with Gasteiger partial charge in [0.05, 0.1) is 13.2 Å². The molecule has 1 aliphatic rings. The van der Waals surface area contributed by atoms with Gasteiger partial charge in [0, 0.05) is 24.8 Å². The standard InChI is InChI=1S/C13H17FN2O4/c1-18-6-11(15)13(17)16-4-8-2-10(14)3-9-5-19-7-20-12(8)9/h2-3,11H,4-7,15H2,1H3,(H,16,17). The molecule has 6 nitrogen and oxygen atoms in total. The van der Waals surface area contributed by atoms with Gasteiger partial charge in [-0.1, -0.05) is 0 Å². The van der Waals surface area contributed by atoms with Gasteiger partial charge >= 0.3 is 0 Å². The Kier molecular flexibility index (Phi) is 4.89. The number of hydrogen-bond acceptors (Lipinski definition) is 5. The number of ether oxygens (including phenoxy) is 3. The van der Waals surface area contributed by atoms with E-state index >= 15 is 0 Å². The molecule has 20 heavy (non-hydrogen) atoms. The van der Waals surface area contributed by atoms with Crippen LogP contribution in [0, 0.1) is 5.82 Å². The van der Waals surface area contributed by atoms with E-state index in [9.17, 15) is 9.18 Å². The predicted octanol–water partition coefficient (Wildman–Crippen LogP) is 0.282. The zero-order chi connectivity index (χ0) is 14.5. The summed E-state index contributed by atoms with van der Waals surface area (Å²) in [5.41, 5.74) is 6.78. The molecule has 1 aromatic rings. The van der Waals surface area contributed by atoms with Crippen molar-refractivity contribution in [3.63, 3.8) is 0 Å². The van der Waals surface area contributed by atoms with E-state index in [1.807, 2.05) is 0 Å². The highest BCUT2D eigenvalue weighted by atomic mass is 19.1. The summed E-state index contributed by atoms with van der Waals surface area (Å²) >= 11 is 0. The van der Waals surface area contributed by atoms with Crippen molar-refractivity contribution >= 4 is 5.91 Å². The lowest BCUT2D eigenvalue weighted by molar-refractivity contribution is -0.123. The molecule has 0 aliphatic carbocycles. The van der Waals surface area contributed by atoms with Crippen LogP contribution in [0.15, 0.2) is 12.1 Å². The second kappa shape index (κ2) is 6.65. The maximum absolute atomic E-state index is 13.5. The third kappa shape index (κ3) is 3.44. The molecule has 1 aromatic carbocycles. The molecule has 110 valence electrons. The Balaban J connectivity index is 2.06. The molecular weight excluding hydrogens is 267 g/mol. The number of carbonyl (C=O) groups is 1. The number of amides is 1. The number of halogens is 1. The van der Waals surface area contributed by atoms with Crippen LogP contribution < -0.4 is 15.8 Å². The summed E-state index contributed by atoms with van der Waals surface area (Å²) < 4.78 is 28.7. The fourth-order valence-electron chi connectivity index (χ4n) is 1.96. The van der Waals surface area contributed by atoms with Gasteiger partial charge in [-0.05, 0) is 12.1 Å². The molecule has 0 saturated carbocycles. The summed E-state index contributed by atoms with van der Waals surface area (Å²) in [5.74, 6) is -0.210. The third-order valence-electron chi connectivity index (χ3n) is 2.89. The minimum Gasteiger partial charge on any atom is -0.467 e. The van der Waals surface area contributed by atoms with Crippen LogP contribution in [0.25, 0.3) is 0 Å². The quantitative estimate of drug-likeness (QED) is 0.811. The monoisotopic (exact) mass is 284 g/mol. The van der Waals surface area contributed by atoms with Gasteiger partial charge in [-0.3, -0.25) is 4.79 Å². The Morgan fingerprint density at radius 1 is 1.60 bits per heavy atom. The van der Waals surface area contributed by atoms with E-state index in [0.717, 1.165) is 0 Å². The summed E-state index contributed by atoms with van der Waals surface area (Å²) in [6.07, 6.45) is 0. The van der Waals surface area contributed by atoms with Gasteiger partial charge in [0.15, 0.2) is 6.79 Å².